The largest absolute Gasteiger partial charge is 0.462 e. The predicted molar refractivity (Wildman–Crippen MR) is 134 cm³/mol. The van der Waals surface area contributed by atoms with Gasteiger partial charge in [-0.1, -0.05) is 34.6 Å². The van der Waals surface area contributed by atoms with E-state index in [0.29, 0.717) is 25.9 Å². The molecule has 1 spiro atoms. The third-order valence-corrected chi connectivity index (χ3v) is 9.07. The van der Waals surface area contributed by atoms with Crippen molar-refractivity contribution in [2.24, 2.45) is 35.5 Å². The van der Waals surface area contributed by atoms with Crippen LogP contribution in [-0.2, 0) is 28.5 Å². The van der Waals surface area contributed by atoms with Crippen LogP contribution in [0, 0.1) is 35.5 Å². The van der Waals surface area contributed by atoms with Gasteiger partial charge in [0.25, 0.3) is 0 Å². The first-order valence-electron chi connectivity index (χ1n) is 13.7. The molecule has 2 aliphatic heterocycles. The average Bonchev–Trinajstić information content (AvgIpc) is 3.61. The second-order valence-electron chi connectivity index (χ2n) is 12.2. The van der Waals surface area contributed by atoms with Crippen LogP contribution in [0.4, 0.5) is 0 Å². The highest BCUT2D eigenvalue weighted by atomic mass is 16.6. The summed E-state index contributed by atoms with van der Waals surface area (Å²) >= 11 is 0. The molecule has 1 saturated carbocycles. The summed E-state index contributed by atoms with van der Waals surface area (Å²) in [5.74, 6) is -1.78. The lowest BCUT2D eigenvalue weighted by Crippen LogP contribution is -2.48. The number of hydrogen-bond donors (Lipinski definition) is 2. The molecule has 3 aliphatic rings. The van der Waals surface area contributed by atoms with E-state index in [0.717, 1.165) is 6.42 Å². The molecule has 8 heteroatoms. The number of hydrogen-bond acceptors (Lipinski definition) is 8. The standard InChI is InChI=1S/C28H48O8/c1-14-9-16(3)25(36-21-10-15(2)23(29)22(11-21)33-8)19(6)27(32)35-20(7)17(4)24(30)18(5)26(31)28(12-14)13-34-28/h14-25,29-30H,9-13H2,1-8H3/t14-,15?,16-,17+,18-,19-,20-,21-,22-,23+,24+,25+,28?/m1/s1. The summed E-state index contributed by atoms with van der Waals surface area (Å²) in [7, 11) is 1.60. The molecule has 1 aliphatic carbocycles. The van der Waals surface area contributed by atoms with Crippen molar-refractivity contribution in [3.63, 3.8) is 0 Å². The molecule has 0 aromatic rings. The van der Waals surface area contributed by atoms with E-state index in [1.54, 1.807) is 21.0 Å². The maximum absolute atomic E-state index is 13.3. The van der Waals surface area contributed by atoms with Crippen molar-refractivity contribution < 1.29 is 38.7 Å². The van der Waals surface area contributed by atoms with E-state index in [9.17, 15) is 19.8 Å². The predicted octanol–water partition coefficient (Wildman–Crippen LogP) is 3.15. The van der Waals surface area contributed by atoms with Crippen molar-refractivity contribution in [1.82, 2.24) is 0 Å². The minimum absolute atomic E-state index is 0.0194. The van der Waals surface area contributed by atoms with Gasteiger partial charge in [0, 0.05) is 25.4 Å². The van der Waals surface area contributed by atoms with Gasteiger partial charge in [-0.15, -0.1) is 0 Å². The maximum Gasteiger partial charge on any atom is 0.311 e. The number of esters is 1. The van der Waals surface area contributed by atoms with Gasteiger partial charge in [-0.2, -0.15) is 0 Å². The van der Waals surface area contributed by atoms with Crippen molar-refractivity contribution in [3.05, 3.63) is 0 Å². The van der Waals surface area contributed by atoms with Crippen LogP contribution in [0.15, 0.2) is 0 Å². The molecule has 3 rings (SSSR count). The number of methoxy groups -OCH3 is 1. The van der Waals surface area contributed by atoms with Crippen molar-refractivity contribution in [3.8, 4) is 0 Å². The molecule has 36 heavy (non-hydrogen) atoms. The van der Waals surface area contributed by atoms with E-state index < -0.39 is 47.8 Å². The van der Waals surface area contributed by atoms with Crippen LogP contribution < -0.4 is 0 Å². The van der Waals surface area contributed by atoms with Crippen LogP contribution >= 0.6 is 0 Å². The Kier molecular flexibility index (Phi) is 9.64. The van der Waals surface area contributed by atoms with E-state index in [1.165, 1.54) is 0 Å². The molecule has 0 bridgehead atoms. The molecule has 2 unspecified atom stereocenters. The first kappa shape index (κ1) is 29.5. The third kappa shape index (κ3) is 6.32. The van der Waals surface area contributed by atoms with Crippen molar-refractivity contribution in [1.29, 1.82) is 0 Å². The van der Waals surface area contributed by atoms with Crippen LogP contribution in [0.2, 0.25) is 0 Å². The van der Waals surface area contributed by atoms with Crippen molar-refractivity contribution in [2.45, 2.75) is 116 Å². The van der Waals surface area contributed by atoms with Gasteiger partial charge in [-0.3, -0.25) is 9.59 Å². The average molecular weight is 513 g/mol. The lowest BCUT2D eigenvalue weighted by atomic mass is 9.77. The number of aliphatic hydroxyl groups is 2. The number of carbonyl (C=O) groups excluding carboxylic acids is 2. The first-order chi connectivity index (χ1) is 16.8. The Morgan fingerprint density at radius 1 is 0.889 bits per heavy atom. The van der Waals surface area contributed by atoms with Crippen LogP contribution in [0.5, 0.6) is 0 Å². The molecular weight excluding hydrogens is 464 g/mol. The molecule has 0 radical (unpaired) electrons. The summed E-state index contributed by atoms with van der Waals surface area (Å²) in [6.07, 6.45) is -0.323. The van der Waals surface area contributed by atoms with Crippen LogP contribution in [-0.4, -0.2) is 77.9 Å². The second kappa shape index (κ2) is 11.8. The lowest BCUT2D eigenvalue weighted by Gasteiger charge is -2.41. The maximum atomic E-state index is 13.3. The van der Waals surface area contributed by atoms with Gasteiger partial charge in [0.15, 0.2) is 11.4 Å². The molecule has 2 heterocycles. The summed E-state index contributed by atoms with van der Waals surface area (Å²) in [5, 5.41) is 21.4. The number of ether oxygens (including phenoxy) is 4. The van der Waals surface area contributed by atoms with Crippen LogP contribution in [0.3, 0.4) is 0 Å². The molecule has 2 N–H and O–H groups in total. The van der Waals surface area contributed by atoms with Gasteiger partial charge in [0.1, 0.15) is 6.10 Å². The number of epoxide rings is 1. The van der Waals surface area contributed by atoms with Gasteiger partial charge in [-0.25, -0.2) is 0 Å². The zero-order valence-corrected chi connectivity index (χ0v) is 23.3. The third-order valence-electron chi connectivity index (χ3n) is 9.07. The second-order valence-corrected chi connectivity index (χ2v) is 12.2. The quantitative estimate of drug-likeness (QED) is 0.438. The Bertz CT molecular complexity index is 767. The Hall–Kier alpha value is -1.06. The molecule has 3 fully saturated rings. The Balaban J connectivity index is 1.85. The van der Waals surface area contributed by atoms with Gasteiger partial charge >= 0.3 is 5.97 Å². The smallest absolute Gasteiger partial charge is 0.311 e. The summed E-state index contributed by atoms with van der Waals surface area (Å²) in [5.41, 5.74) is -0.827. The molecule has 8 nitrogen and oxygen atoms in total. The number of ketones is 1. The number of carbonyl (C=O) groups is 2. The Morgan fingerprint density at radius 3 is 2.11 bits per heavy atom. The van der Waals surface area contributed by atoms with Gasteiger partial charge in [0.2, 0.25) is 0 Å². The molecule has 208 valence electrons. The van der Waals surface area contributed by atoms with Crippen LogP contribution in [0.1, 0.15) is 74.1 Å². The number of Topliss-reactive ketones (excluding diaryl/α,β-unsaturated/α-hetero) is 1. The monoisotopic (exact) mass is 512 g/mol. The van der Waals surface area contributed by atoms with Gasteiger partial charge in [-0.05, 0) is 50.9 Å². The highest BCUT2D eigenvalue weighted by molar-refractivity contribution is 5.92. The fourth-order valence-corrected chi connectivity index (χ4v) is 6.43. The molecule has 0 aromatic carbocycles. The van der Waals surface area contributed by atoms with E-state index in [1.807, 2.05) is 20.8 Å². The fourth-order valence-electron chi connectivity index (χ4n) is 6.43. The minimum Gasteiger partial charge on any atom is -0.462 e. The zero-order valence-electron chi connectivity index (χ0n) is 23.3. The Morgan fingerprint density at radius 2 is 1.53 bits per heavy atom. The van der Waals surface area contributed by atoms with Crippen LogP contribution in [0.25, 0.3) is 0 Å². The summed E-state index contributed by atoms with van der Waals surface area (Å²) in [4.78, 5) is 26.6. The summed E-state index contributed by atoms with van der Waals surface area (Å²) in [6, 6.07) is 0. The topological polar surface area (TPSA) is 115 Å². The molecular formula is C28H48O8. The minimum atomic E-state index is -0.943. The van der Waals surface area contributed by atoms with E-state index in [4.69, 9.17) is 18.9 Å². The zero-order chi connectivity index (χ0) is 26.9. The number of rotatable bonds is 3. The summed E-state index contributed by atoms with van der Waals surface area (Å²) in [6.45, 7) is 13.7. The van der Waals surface area contributed by atoms with E-state index >= 15 is 0 Å². The van der Waals surface area contributed by atoms with E-state index in [2.05, 4.69) is 13.8 Å². The van der Waals surface area contributed by atoms with Crippen molar-refractivity contribution >= 4 is 11.8 Å². The van der Waals surface area contributed by atoms with Gasteiger partial charge < -0.3 is 29.2 Å². The Labute approximate surface area is 216 Å². The molecule has 0 aromatic heterocycles. The highest BCUT2D eigenvalue weighted by Gasteiger charge is 2.55. The normalized spacial score (nSPS) is 49.4. The van der Waals surface area contributed by atoms with Gasteiger partial charge in [0.05, 0.1) is 43.0 Å². The van der Waals surface area contributed by atoms with Crippen molar-refractivity contribution in [2.75, 3.05) is 13.7 Å². The SMILES string of the molecule is CO[C@@H]1C[C@H](O[C@H]2[C@H](C)C[C@@H](C)CC3(CO3)C(=O)[C@H](C)[C@@H](O)[C@@H](C)[C@@H](C)OC(=O)[C@@H]2C)CC(C)[C@@H]1O. The molecule has 2 saturated heterocycles. The number of aliphatic hydroxyl groups excluding tert-OH is 2. The molecule has 13 atom stereocenters. The highest BCUT2D eigenvalue weighted by Crippen LogP contribution is 2.41. The first-order valence-corrected chi connectivity index (χ1v) is 13.7. The fraction of sp³-hybridized carbons (Fsp3) is 0.929. The molecule has 0 amide bonds. The summed E-state index contributed by atoms with van der Waals surface area (Å²) < 4.78 is 23.7. The number of cyclic esters (lactones) is 1. The van der Waals surface area contributed by atoms with E-state index in [-0.39, 0.29) is 41.7 Å². The lowest BCUT2D eigenvalue weighted by molar-refractivity contribution is -0.175.